The predicted molar refractivity (Wildman–Crippen MR) is 178 cm³/mol. The summed E-state index contributed by atoms with van der Waals surface area (Å²) in [4.78, 5) is 20.5. The normalized spacial score (nSPS) is 10.4. The van der Waals surface area contributed by atoms with E-state index in [1.165, 1.54) is 116 Å². The average Bonchev–Trinajstić information content (AvgIpc) is 3.02. The molecule has 0 aromatic rings. The Hall–Kier alpha value is -1.30. The minimum atomic E-state index is -0.954. The number of aliphatic carboxylic acids is 2. The lowest BCUT2D eigenvalue weighted by atomic mass is 10.1. The van der Waals surface area contributed by atoms with E-state index in [1.54, 1.807) is 0 Å². The number of hydrogen-bond donors (Lipinski definition) is 8. The van der Waals surface area contributed by atoms with Gasteiger partial charge >= 0.3 is 11.9 Å². The van der Waals surface area contributed by atoms with Crippen LogP contribution in [0.2, 0.25) is 0 Å². The van der Waals surface area contributed by atoms with Gasteiger partial charge in [-0.25, -0.2) is 0 Å². The summed E-state index contributed by atoms with van der Waals surface area (Å²) in [5, 5.41) is 64.9. The third kappa shape index (κ3) is 60.0. The van der Waals surface area contributed by atoms with Gasteiger partial charge in [0.1, 0.15) is 12.2 Å². The van der Waals surface area contributed by atoms with Crippen LogP contribution < -0.4 is 0 Å². The molecule has 44 heavy (non-hydrogen) atoms. The maximum atomic E-state index is 10.3. The van der Waals surface area contributed by atoms with E-state index in [0.29, 0.717) is 12.8 Å². The van der Waals surface area contributed by atoms with Crippen molar-refractivity contribution in [2.45, 2.75) is 180 Å². The monoisotopic (exact) mass is 641 g/mol. The topological polar surface area (TPSA) is 196 Å². The van der Waals surface area contributed by atoms with Gasteiger partial charge in [-0.15, -0.1) is 0 Å². The third-order valence-corrected chi connectivity index (χ3v) is 6.83. The van der Waals surface area contributed by atoms with Gasteiger partial charge in [0.25, 0.3) is 0 Å². The second-order valence-electron chi connectivity index (χ2n) is 11.4. The molecular weight excluding hydrogens is 568 g/mol. The number of aliphatic hydroxyl groups excluding tert-OH is 6. The fourth-order valence-corrected chi connectivity index (χ4v) is 4.00. The number of carboxylic acids is 2. The summed E-state index contributed by atoms with van der Waals surface area (Å²) < 4.78 is 0. The molecule has 0 aliphatic heterocycles. The Balaban J connectivity index is -0.000000267. The van der Waals surface area contributed by atoms with E-state index < -0.39 is 24.1 Å². The van der Waals surface area contributed by atoms with E-state index in [-0.39, 0.29) is 26.4 Å². The number of hydrogen-bond acceptors (Lipinski definition) is 8. The van der Waals surface area contributed by atoms with Crippen LogP contribution in [0.25, 0.3) is 0 Å². The first-order valence-electron chi connectivity index (χ1n) is 17.4. The van der Waals surface area contributed by atoms with Crippen molar-refractivity contribution in [2.24, 2.45) is 0 Å². The second kappa shape index (κ2) is 46.1. The summed E-state index contributed by atoms with van der Waals surface area (Å²) in [5.41, 5.74) is 0. The lowest BCUT2D eigenvalue weighted by Gasteiger charge is -2.01. The molecule has 0 atom stereocenters. The van der Waals surface area contributed by atoms with Gasteiger partial charge in [0.05, 0.1) is 26.4 Å². The van der Waals surface area contributed by atoms with Crippen molar-refractivity contribution in [3.05, 3.63) is 0 Å². The summed E-state index contributed by atoms with van der Waals surface area (Å²) in [5.74, 6) is -1.31. The Morgan fingerprint density at radius 3 is 0.705 bits per heavy atom. The minimum absolute atomic E-state index is 0.344. The molecule has 0 saturated carbocycles. The Morgan fingerprint density at radius 2 is 0.568 bits per heavy atom. The number of unbranched alkanes of at least 4 members (excludes halogenated alkanes) is 20. The summed E-state index contributed by atoms with van der Waals surface area (Å²) >= 11 is 0. The first-order valence-corrected chi connectivity index (χ1v) is 17.4. The van der Waals surface area contributed by atoms with Crippen molar-refractivity contribution < 1.29 is 50.4 Å². The highest BCUT2D eigenvalue weighted by Crippen LogP contribution is 2.13. The largest absolute Gasteiger partial charge is 0.481 e. The molecule has 10 nitrogen and oxygen atoms in total. The van der Waals surface area contributed by atoms with E-state index in [1.807, 2.05) is 0 Å². The zero-order valence-corrected chi connectivity index (χ0v) is 28.3. The maximum Gasteiger partial charge on any atom is 0.303 e. The SMILES string of the molecule is CCCCCCCCCCCCCC(=O)O.CCCCCCCCCCCCCC(=O)O.OCC(O)CO.OCC(O)CO. The van der Waals surface area contributed by atoms with E-state index in [4.69, 9.17) is 40.9 Å². The highest BCUT2D eigenvalue weighted by molar-refractivity contribution is 5.66. The average molecular weight is 641 g/mol. The van der Waals surface area contributed by atoms with Crippen LogP contribution in [0.5, 0.6) is 0 Å². The molecule has 0 bridgehead atoms. The summed E-state index contributed by atoms with van der Waals surface area (Å²) in [6, 6.07) is 0. The fourth-order valence-electron chi connectivity index (χ4n) is 4.00. The lowest BCUT2D eigenvalue weighted by Crippen LogP contribution is -2.15. The molecule has 0 amide bonds. The van der Waals surface area contributed by atoms with Crippen LogP contribution in [0.1, 0.15) is 168 Å². The molecule has 0 radical (unpaired) electrons. The molecule has 0 aliphatic rings. The van der Waals surface area contributed by atoms with Crippen LogP contribution in [-0.2, 0) is 9.59 Å². The Bertz CT molecular complexity index is 480. The van der Waals surface area contributed by atoms with Gasteiger partial charge in [0.2, 0.25) is 0 Å². The van der Waals surface area contributed by atoms with Crippen molar-refractivity contribution in [1.82, 2.24) is 0 Å². The predicted octanol–water partition coefficient (Wildman–Crippen LogP) is 6.21. The molecule has 268 valence electrons. The highest BCUT2D eigenvalue weighted by Gasteiger charge is 1.98. The maximum absolute atomic E-state index is 10.3. The van der Waals surface area contributed by atoms with Crippen LogP contribution in [0, 0.1) is 0 Å². The van der Waals surface area contributed by atoms with Gasteiger partial charge in [0.15, 0.2) is 0 Å². The van der Waals surface area contributed by atoms with E-state index >= 15 is 0 Å². The van der Waals surface area contributed by atoms with Crippen molar-refractivity contribution in [3.8, 4) is 0 Å². The van der Waals surface area contributed by atoms with Crippen molar-refractivity contribution in [2.75, 3.05) is 26.4 Å². The van der Waals surface area contributed by atoms with Crippen LogP contribution >= 0.6 is 0 Å². The molecule has 0 spiro atoms. The molecule has 10 heteroatoms. The summed E-state index contributed by atoms with van der Waals surface area (Å²) in [6.45, 7) is 3.04. The van der Waals surface area contributed by atoms with Gasteiger partial charge in [-0.05, 0) is 12.8 Å². The van der Waals surface area contributed by atoms with Crippen molar-refractivity contribution in [1.29, 1.82) is 0 Å². The van der Waals surface area contributed by atoms with Crippen LogP contribution in [0.4, 0.5) is 0 Å². The molecule has 0 rings (SSSR count). The zero-order valence-electron chi connectivity index (χ0n) is 28.3. The van der Waals surface area contributed by atoms with Crippen LogP contribution in [-0.4, -0.2) is 91.4 Å². The molecular formula is C34H72O10. The molecule has 0 heterocycles. The van der Waals surface area contributed by atoms with Gasteiger partial charge in [0, 0.05) is 12.8 Å². The van der Waals surface area contributed by atoms with Gasteiger partial charge in [-0.1, -0.05) is 142 Å². The fraction of sp³-hybridized carbons (Fsp3) is 0.941. The van der Waals surface area contributed by atoms with E-state index in [0.717, 1.165) is 25.7 Å². The smallest absolute Gasteiger partial charge is 0.303 e. The number of carboxylic acid groups (broad SMARTS) is 2. The first-order chi connectivity index (χ1) is 21.2. The summed E-state index contributed by atoms with van der Waals surface area (Å²) in [7, 11) is 0. The highest BCUT2D eigenvalue weighted by atomic mass is 16.4. The lowest BCUT2D eigenvalue weighted by molar-refractivity contribution is -0.138. The number of aliphatic hydroxyl groups is 6. The molecule has 8 N–H and O–H groups in total. The molecule has 0 aromatic heterocycles. The van der Waals surface area contributed by atoms with Crippen molar-refractivity contribution >= 4 is 11.9 Å². The third-order valence-electron chi connectivity index (χ3n) is 6.83. The van der Waals surface area contributed by atoms with Gasteiger partial charge in [-0.3, -0.25) is 9.59 Å². The van der Waals surface area contributed by atoms with Crippen LogP contribution in [0.15, 0.2) is 0 Å². The Kier molecular flexibility index (Phi) is 52.0. The minimum Gasteiger partial charge on any atom is -0.481 e. The molecule has 0 unspecified atom stereocenters. The Morgan fingerprint density at radius 1 is 0.386 bits per heavy atom. The van der Waals surface area contributed by atoms with Gasteiger partial charge in [-0.2, -0.15) is 0 Å². The van der Waals surface area contributed by atoms with Gasteiger partial charge < -0.3 is 40.9 Å². The molecule has 0 fully saturated rings. The standard InChI is InChI=1S/2C14H28O2.2C3H8O3/c2*1-2-3-4-5-6-7-8-9-10-11-12-13-14(15)16;2*4-1-3(6)2-5/h2*2-13H2,1H3,(H,15,16);2*3-6H,1-2H2. The van der Waals surface area contributed by atoms with E-state index in [9.17, 15) is 9.59 Å². The number of carbonyl (C=O) groups is 2. The summed E-state index contributed by atoms with van der Waals surface area (Å²) in [6.07, 6.45) is 26.8. The van der Waals surface area contributed by atoms with Crippen molar-refractivity contribution in [3.63, 3.8) is 0 Å². The quantitative estimate of drug-likeness (QED) is 0.0455. The first kappa shape index (κ1) is 49.6. The Labute approximate surface area is 268 Å². The van der Waals surface area contributed by atoms with E-state index in [2.05, 4.69) is 13.8 Å². The number of rotatable bonds is 28. The zero-order chi connectivity index (χ0) is 34.1. The molecule has 0 aliphatic carbocycles. The second-order valence-corrected chi connectivity index (χ2v) is 11.4. The molecule has 0 aromatic carbocycles. The molecule has 0 saturated heterocycles. The van der Waals surface area contributed by atoms with Crippen LogP contribution in [0.3, 0.4) is 0 Å².